The molecule has 132 valence electrons. The minimum Gasteiger partial charge on any atom is -0.338 e. The smallest absolute Gasteiger partial charge is 0.253 e. The van der Waals surface area contributed by atoms with Crippen molar-refractivity contribution in [1.29, 1.82) is 5.26 Å². The van der Waals surface area contributed by atoms with Crippen molar-refractivity contribution in [1.82, 2.24) is 4.90 Å². The number of amides is 2. The summed E-state index contributed by atoms with van der Waals surface area (Å²) < 4.78 is 0. The van der Waals surface area contributed by atoms with Gasteiger partial charge >= 0.3 is 0 Å². The third kappa shape index (κ3) is 4.22. The quantitative estimate of drug-likeness (QED) is 0.898. The molecule has 2 aromatic rings. The van der Waals surface area contributed by atoms with Crippen LogP contribution in [0.25, 0.3) is 0 Å². The van der Waals surface area contributed by atoms with Gasteiger partial charge in [-0.1, -0.05) is 11.6 Å². The number of carbonyl (C=O) groups excluding carboxylic acids is 2. The fourth-order valence-corrected chi connectivity index (χ4v) is 3.15. The second kappa shape index (κ2) is 8.03. The van der Waals surface area contributed by atoms with Crippen molar-refractivity contribution in [3.63, 3.8) is 0 Å². The van der Waals surface area contributed by atoms with Gasteiger partial charge in [-0.25, -0.2) is 0 Å². The van der Waals surface area contributed by atoms with Crippen LogP contribution in [0, 0.1) is 17.2 Å². The molecule has 0 aliphatic carbocycles. The molecule has 1 aliphatic rings. The number of piperidine rings is 1. The number of halogens is 1. The summed E-state index contributed by atoms with van der Waals surface area (Å²) in [7, 11) is 0. The van der Waals surface area contributed by atoms with E-state index in [0.29, 0.717) is 34.9 Å². The standard InChI is InChI=1S/C20H18ClN3O2/c21-17-7-5-15(6-8-17)20(26)24-11-1-2-16(13-24)19(25)23-18-9-3-14(12-22)4-10-18/h3-10,16H,1-2,11,13H2,(H,23,25). The van der Waals surface area contributed by atoms with Gasteiger partial charge in [0.25, 0.3) is 5.91 Å². The predicted octanol–water partition coefficient (Wildman–Crippen LogP) is 3.70. The Labute approximate surface area is 157 Å². The summed E-state index contributed by atoms with van der Waals surface area (Å²) in [5.74, 6) is -0.448. The van der Waals surface area contributed by atoms with Crippen LogP contribution in [-0.4, -0.2) is 29.8 Å². The van der Waals surface area contributed by atoms with Crippen molar-refractivity contribution in [2.24, 2.45) is 5.92 Å². The number of nitriles is 1. The van der Waals surface area contributed by atoms with Crippen molar-refractivity contribution in [3.05, 3.63) is 64.7 Å². The highest BCUT2D eigenvalue weighted by molar-refractivity contribution is 6.30. The van der Waals surface area contributed by atoms with Gasteiger partial charge in [0.1, 0.15) is 0 Å². The Kier molecular flexibility index (Phi) is 5.55. The summed E-state index contributed by atoms with van der Waals surface area (Å²) in [5, 5.41) is 12.3. The topological polar surface area (TPSA) is 73.2 Å². The molecule has 0 saturated carbocycles. The number of benzene rings is 2. The van der Waals surface area contributed by atoms with E-state index < -0.39 is 0 Å². The number of hydrogen-bond acceptors (Lipinski definition) is 3. The second-order valence-corrected chi connectivity index (χ2v) is 6.71. The lowest BCUT2D eigenvalue weighted by Gasteiger charge is -2.32. The van der Waals surface area contributed by atoms with E-state index in [1.165, 1.54) is 0 Å². The third-order valence-electron chi connectivity index (χ3n) is 4.45. The maximum Gasteiger partial charge on any atom is 0.253 e. The zero-order valence-corrected chi connectivity index (χ0v) is 14.9. The zero-order chi connectivity index (χ0) is 18.5. The van der Waals surface area contributed by atoms with E-state index in [2.05, 4.69) is 5.32 Å². The molecule has 0 radical (unpaired) electrons. The first-order valence-electron chi connectivity index (χ1n) is 8.42. The van der Waals surface area contributed by atoms with Gasteiger partial charge in [-0.3, -0.25) is 9.59 Å². The summed E-state index contributed by atoms with van der Waals surface area (Å²) in [4.78, 5) is 26.9. The van der Waals surface area contributed by atoms with Crippen molar-refractivity contribution >= 4 is 29.1 Å². The predicted molar refractivity (Wildman–Crippen MR) is 99.9 cm³/mol. The van der Waals surface area contributed by atoms with Crippen LogP contribution in [0.3, 0.4) is 0 Å². The third-order valence-corrected chi connectivity index (χ3v) is 4.70. The van der Waals surface area contributed by atoms with Crippen LogP contribution in [0.15, 0.2) is 48.5 Å². The monoisotopic (exact) mass is 367 g/mol. The largest absolute Gasteiger partial charge is 0.338 e. The van der Waals surface area contributed by atoms with E-state index in [4.69, 9.17) is 16.9 Å². The minimum atomic E-state index is -0.254. The van der Waals surface area contributed by atoms with Gasteiger partial charge in [0.2, 0.25) is 5.91 Å². The molecule has 3 rings (SSSR count). The number of rotatable bonds is 3. The van der Waals surface area contributed by atoms with Crippen LogP contribution >= 0.6 is 11.6 Å². The van der Waals surface area contributed by atoms with E-state index in [1.54, 1.807) is 53.4 Å². The average Bonchev–Trinajstić information content (AvgIpc) is 2.68. The first-order chi connectivity index (χ1) is 12.6. The Balaban J connectivity index is 1.63. The summed E-state index contributed by atoms with van der Waals surface area (Å²) in [5.41, 5.74) is 1.76. The molecule has 0 spiro atoms. The molecule has 1 fully saturated rings. The summed E-state index contributed by atoms with van der Waals surface area (Å²) in [6.07, 6.45) is 1.53. The minimum absolute atomic E-state index is 0.0856. The molecule has 0 bridgehead atoms. The van der Waals surface area contributed by atoms with E-state index >= 15 is 0 Å². The van der Waals surface area contributed by atoms with Gasteiger partial charge in [0.15, 0.2) is 0 Å². The number of likely N-dealkylation sites (tertiary alicyclic amines) is 1. The number of carbonyl (C=O) groups is 2. The molecule has 1 atom stereocenters. The molecule has 26 heavy (non-hydrogen) atoms. The molecule has 1 N–H and O–H groups in total. The molecule has 6 heteroatoms. The van der Waals surface area contributed by atoms with E-state index in [0.717, 1.165) is 12.8 Å². The van der Waals surface area contributed by atoms with Crippen molar-refractivity contribution in [3.8, 4) is 6.07 Å². The summed E-state index contributed by atoms with van der Waals surface area (Å²) in [6, 6.07) is 15.5. The Morgan fingerprint density at radius 3 is 2.46 bits per heavy atom. The number of anilines is 1. The SMILES string of the molecule is N#Cc1ccc(NC(=O)C2CCCN(C(=O)c3ccc(Cl)cc3)C2)cc1. The highest BCUT2D eigenvalue weighted by Crippen LogP contribution is 2.21. The van der Waals surface area contributed by atoms with Gasteiger partial charge < -0.3 is 10.2 Å². The zero-order valence-electron chi connectivity index (χ0n) is 14.1. The molecule has 2 amide bonds. The molecule has 1 aliphatic heterocycles. The molecule has 2 aromatic carbocycles. The number of hydrogen-bond donors (Lipinski definition) is 1. The molecular formula is C20H18ClN3O2. The molecule has 0 aromatic heterocycles. The number of nitrogens with zero attached hydrogens (tertiary/aromatic N) is 2. The fraction of sp³-hybridized carbons (Fsp3) is 0.250. The highest BCUT2D eigenvalue weighted by Gasteiger charge is 2.29. The second-order valence-electron chi connectivity index (χ2n) is 6.28. The van der Waals surface area contributed by atoms with Crippen LogP contribution in [-0.2, 0) is 4.79 Å². The van der Waals surface area contributed by atoms with Crippen LogP contribution in [0.2, 0.25) is 5.02 Å². The van der Waals surface area contributed by atoms with Crippen molar-refractivity contribution in [2.45, 2.75) is 12.8 Å². The molecule has 1 heterocycles. The van der Waals surface area contributed by atoms with Crippen LogP contribution in [0.5, 0.6) is 0 Å². The van der Waals surface area contributed by atoms with E-state index in [1.807, 2.05) is 6.07 Å². The Morgan fingerprint density at radius 2 is 1.81 bits per heavy atom. The maximum absolute atomic E-state index is 12.6. The van der Waals surface area contributed by atoms with Crippen LogP contribution in [0.1, 0.15) is 28.8 Å². The normalized spacial score (nSPS) is 16.6. The highest BCUT2D eigenvalue weighted by atomic mass is 35.5. The van der Waals surface area contributed by atoms with E-state index in [-0.39, 0.29) is 17.7 Å². The molecule has 5 nitrogen and oxygen atoms in total. The molecule has 1 saturated heterocycles. The van der Waals surface area contributed by atoms with E-state index in [9.17, 15) is 9.59 Å². The fourth-order valence-electron chi connectivity index (χ4n) is 3.02. The Bertz CT molecular complexity index is 841. The maximum atomic E-state index is 12.6. The summed E-state index contributed by atoms with van der Waals surface area (Å²) in [6.45, 7) is 1.03. The van der Waals surface area contributed by atoms with Gasteiger partial charge in [0, 0.05) is 29.4 Å². The van der Waals surface area contributed by atoms with Crippen LogP contribution in [0.4, 0.5) is 5.69 Å². The van der Waals surface area contributed by atoms with Gasteiger partial charge in [-0.2, -0.15) is 5.26 Å². The van der Waals surface area contributed by atoms with Crippen molar-refractivity contribution < 1.29 is 9.59 Å². The Hall–Kier alpha value is -2.84. The molecule has 1 unspecified atom stereocenters. The van der Waals surface area contributed by atoms with Gasteiger partial charge in [-0.15, -0.1) is 0 Å². The Morgan fingerprint density at radius 1 is 1.12 bits per heavy atom. The van der Waals surface area contributed by atoms with Crippen LogP contribution < -0.4 is 5.32 Å². The average molecular weight is 368 g/mol. The summed E-state index contributed by atoms with van der Waals surface area (Å²) >= 11 is 5.87. The lowest BCUT2D eigenvalue weighted by molar-refractivity contribution is -0.121. The lowest BCUT2D eigenvalue weighted by atomic mass is 9.96. The molecular weight excluding hydrogens is 350 g/mol. The number of nitrogens with one attached hydrogen (secondary N) is 1. The van der Waals surface area contributed by atoms with Gasteiger partial charge in [-0.05, 0) is 61.4 Å². The van der Waals surface area contributed by atoms with Crippen molar-refractivity contribution in [2.75, 3.05) is 18.4 Å². The lowest BCUT2D eigenvalue weighted by Crippen LogP contribution is -2.43. The first kappa shape index (κ1) is 18.0. The first-order valence-corrected chi connectivity index (χ1v) is 8.80. The van der Waals surface area contributed by atoms with Gasteiger partial charge in [0.05, 0.1) is 17.6 Å².